The minimum Gasteiger partial charge on any atom is -0.458 e. The minimum atomic E-state index is -1.30. The van der Waals surface area contributed by atoms with Gasteiger partial charge in [0.1, 0.15) is 6.61 Å². The van der Waals surface area contributed by atoms with Gasteiger partial charge in [-0.3, -0.25) is 9.59 Å². The monoisotopic (exact) mass is 407 g/mol. The SMILES string of the molecule is CC.NCC(=O)OC1C(=O)OCc2c1cc1n(c2=O)Cc2cc3ccccc3nc2-1. The predicted molar refractivity (Wildman–Crippen MR) is 110 cm³/mol. The number of hydrogen-bond acceptors (Lipinski definition) is 7. The zero-order valence-electron chi connectivity index (χ0n) is 16.7. The molecule has 2 aromatic heterocycles. The summed E-state index contributed by atoms with van der Waals surface area (Å²) in [5.74, 6) is -1.47. The highest BCUT2D eigenvalue weighted by atomic mass is 16.6. The first kappa shape index (κ1) is 19.8. The number of benzene rings is 1. The van der Waals surface area contributed by atoms with Crippen molar-refractivity contribution in [1.29, 1.82) is 0 Å². The Kier molecular flexibility index (Phi) is 5.09. The number of aromatic nitrogens is 2. The summed E-state index contributed by atoms with van der Waals surface area (Å²) in [6.07, 6.45) is -1.30. The molecule has 0 radical (unpaired) electrons. The molecule has 4 heterocycles. The quantitative estimate of drug-likeness (QED) is 0.506. The van der Waals surface area contributed by atoms with Crippen LogP contribution >= 0.6 is 0 Å². The molecule has 8 nitrogen and oxygen atoms in total. The standard InChI is InChI=1S/C20H15N3O5.C2H6/c21-7-16(24)28-18-12-6-15-17-11(5-10-3-1-2-4-14(10)22-17)8-23(15)19(25)13(12)9-27-20(18)26;1-2/h1-6,18H,7-9,21H2;1-2H3. The third-order valence-electron chi connectivity index (χ3n) is 5.08. The van der Waals surface area contributed by atoms with Crippen LogP contribution in [0.15, 0.2) is 41.2 Å². The van der Waals surface area contributed by atoms with E-state index < -0.39 is 18.0 Å². The molecule has 1 aromatic carbocycles. The number of nitrogens with zero attached hydrogens (tertiary/aromatic N) is 2. The lowest BCUT2D eigenvalue weighted by atomic mass is 10.00. The van der Waals surface area contributed by atoms with Crippen LogP contribution in [-0.4, -0.2) is 28.0 Å². The highest BCUT2D eigenvalue weighted by molar-refractivity contribution is 5.86. The summed E-state index contributed by atoms with van der Waals surface area (Å²) in [6.45, 7) is 3.85. The summed E-state index contributed by atoms with van der Waals surface area (Å²) in [7, 11) is 0. The van der Waals surface area contributed by atoms with Gasteiger partial charge in [-0.15, -0.1) is 0 Å². The second-order valence-electron chi connectivity index (χ2n) is 6.73. The van der Waals surface area contributed by atoms with Gasteiger partial charge in [0.15, 0.2) is 0 Å². The highest BCUT2D eigenvalue weighted by Crippen LogP contribution is 2.36. The van der Waals surface area contributed by atoms with Crippen LogP contribution in [0.4, 0.5) is 0 Å². The van der Waals surface area contributed by atoms with Gasteiger partial charge in [-0.25, -0.2) is 9.78 Å². The average Bonchev–Trinajstić information content (AvgIpc) is 3.13. The third-order valence-corrected chi connectivity index (χ3v) is 5.08. The first-order valence-electron chi connectivity index (χ1n) is 9.78. The lowest BCUT2D eigenvalue weighted by molar-refractivity contribution is -0.170. The van der Waals surface area contributed by atoms with Crippen molar-refractivity contribution in [3.63, 3.8) is 0 Å². The number of carbonyl (C=O) groups excluding carboxylic acids is 2. The van der Waals surface area contributed by atoms with E-state index in [1.54, 1.807) is 10.6 Å². The molecule has 0 saturated carbocycles. The maximum absolute atomic E-state index is 13.1. The van der Waals surface area contributed by atoms with E-state index in [4.69, 9.17) is 20.2 Å². The molecule has 0 saturated heterocycles. The predicted octanol–water partition coefficient (Wildman–Crippen LogP) is 2.05. The maximum Gasteiger partial charge on any atom is 0.352 e. The number of cyclic esters (lactones) is 1. The number of rotatable bonds is 2. The van der Waals surface area contributed by atoms with Gasteiger partial charge >= 0.3 is 11.9 Å². The van der Waals surface area contributed by atoms with E-state index in [1.807, 2.05) is 44.2 Å². The fourth-order valence-electron chi connectivity index (χ4n) is 3.75. The van der Waals surface area contributed by atoms with Gasteiger partial charge in [0, 0.05) is 16.5 Å². The van der Waals surface area contributed by atoms with Crippen LogP contribution in [0, 0.1) is 0 Å². The molecule has 5 rings (SSSR count). The molecule has 2 aliphatic heterocycles. The molecule has 0 aliphatic carbocycles. The van der Waals surface area contributed by atoms with Crippen molar-refractivity contribution < 1.29 is 19.1 Å². The fraction of sp³-hybridized carbons (Fsp3) is 0.273. The van der Waals surface area contributed by atoms with Crippen LogP contribution in [0.3, 0.4) is 0 Å². The van der Waals surface area contributed by atoms with Crippen molar-refractivity contribution in [3.05, 3.63) is 63.4 Å². The van der Waals surface area contributed by atoms with Crippen molar-refractivity contribution in [2.24, 2.45) is 5.73 Å². The van der Waals surface area contributed by atoms with E-state index in [0.29, 0.717) is 29.1 Å². The summed E-state index contributed by atoms with van der Waals surface area (Å²) < 4.78 is 11.8. The molecule has 1 atom stereocenters. The van der Waals surface area contributed by atoms with Gasteiger partial charge < -0.3 is 19.8 Å². The van der Waals surface area contributed by atoms with Gasteiger partial charge in [0.25, 0.3) is 5.56 Å². The molecular weight excluding hydrogens is 386 g/mol. The molecule has 154 valence electrons. The molecule has 0 bridgehead atoms. The van der Waals surface area contributed by atoms with Crippen molar-refractivity contribution in [2.45, 2.75) is 33.1 Å². The number of pyridine rings is 2. The Morgan fingerprint density at radius 3 is 2.80 bits per heavy atom. The van der Waals surface area contributed by atoms with Crippen molar-refractivity contribution >= 4 is 22.8 Å². The number of esters is 2. The van der Waals surface area contributed by atoms with E-state index in [0.717, 1.165) is 16.5 Å². The van der Waals surface area contributed by atoms with Crippen LogP contribution < -0.4 is 11.3 Å². The highest BCUT2D eigenvalue weighted by Gasteiger charge is 2.37. The van der Waals surface area contributed by atoms with E-state index >= 15 is 0 Å². The van der Waals surface area contributed by atoms with Gasteiger partial charge in [0.2, 0.25) is 6.10 Å². The molecule has 0 fully saturated rings. The van der Waals surface area contributed by atoms with Gasteiger partial charge in [-0.05, 0) is 18.2 Å². The first-order valence-corrected chi connectivity index (χ1v) is 9.78. The molecule has 0 amide bonds. The molecule has 2 aliphatic rings. The van der Waals surface area contributed by atoms with Gasteiger partial charge in [0.05, 0.1) is 35.6 Å². The first-order chi connectivity index (χ1) is 14.6. The normalized spacial score (nSPS) is 16.0. The van der Waals surface area contributed by atoms with Crippen LogP contribution in [-0.2, 0) is 32.2 Å². The Hall–Kier alpha value is -3.52. The Labute approximate surface area is 172 Å². The molecular formula is C22H21N3O5. The molecule has 2 N–H and O–H groups in total. The van der Waals surface area contributed by atoms with E-state index in [-0.39, 0.29) is 18.7 Å². The minimum absolute atomic E-state index is 0.157. The number of ether oxygens (including phenoxy) is 2. The molecule has 1 unspecified atom stereocenters. The molecule has 8 heteroatoms. The number of carbonyl (C=O) groups is 2. The number of nitrogens with two attached hydrogens (primary N) is 1. The van der Waals surface area contributed by atoms with E-state index in [1.165, 1.54) is 0 Å². The Bertz CT molecular complexity index is 1230. The average molecular weight is 407 g/mol. The lowest BCUT2D eigenvalue weighted by Crippen LogP contribution is -2.35. The van der Waals surface area contributed by atoms with Crippen molar-refractivity contribution in [2.75, 3.05) is 6.54 Å². The number of para-hydroxylation sites is 1. The largest absolute Gasteiger partial charge is 0.458 e. The number of fused-ring (bicyclic) bond motifs is 5. The topological polar surface area (TPSA) is 114 Å². The van der Waals surface area contributed by atoms with Crippen molar-refractivity contribution in [1.82, 2.24) is 9.55 Å². The molecule has 3 aromatic rings. The van der Waals surface area contributed by atoms with Crippen LogP contribution in [0.2, 0.25) is 0 Å². The van der Waals surface area contributed by atoms with Gasteiger partial charge in [-0.2, -0.15) is 0 Å². The zero-order chi connectivity index (χ0) is 21.4. The number of hydrogen-bond donors (Lipinski definition) is 1. The zero-order valence-corrected chi connectivity index (χ0v) is 16.7. The van der Waals surface area contributed by atoms with Crippen molar-refractivity contribution in [3.8, 4) is 11.4 Å². The Balaban J connectivity index is 0.00000106. The van der Waals surface area contributed by atoms with Crippen LogP contribution in [0.1, 0.15) is 36.6 Å². The van der Waals surface area contributed by atoms with Crippen LogP contribution in [0.25, 0.3) is 22.3 Å². The summed E-state index contributed by atoms with van der Waals surface area (Å²) in [6, 6.07) is 11.4. The molecule has 30 heavy (non-hydrogen) atoms. The smallest absolute Gasteiger partial charge is 0.352 e. The lowest BCUT2D eigenvalue weighted by Gasteiger charge is -2.24. The van der Waals surface area contributed by atoms with E-state index in [9.17, 15) is 14.4 Å². The second kappa shape index (κ2) is 7.72. The Morgan fingerprint density at radius 1 is 1.27 bits per heavy atom. The third kappa shape index (κ3) is 3.05. The van der Waals surface area contributed by atoms with E-state index in [2.05, 4.69) is 0 Å². The molecule has 0 spiro atoms. The fourth-order valence-corrected chi connectivity index (χ4v) is 3.75. The van der Waals surface area contributed by atoms with Gasteiger partial charge in [-0.1, -0.05) is 32.0 Å². The summed E-state index contributed by atoms with van der Waals surface area (Å²) >= 11 is 0. The second-order valence-corrected chi connectivity index (χ2v) is 6.73. The Morgan fingerprint density at radius 2 is 2.03 bits per heavy atom. The maximum atomic E-state index is 13.1. The summed E-state index contributed by atoms with van der Waals surface area (Å²) in [5.41, 5.74) is 8.64. The van der Waals surface area contributed by atoms with Crippen LogP contribution in [0.5, 0.6) is 0 Å². The summed E-state index contributed by atoms with van der Waals surface area (Å²) in [5, 5.41) is 0.986. The summed E-state index contributed by atoms with van der Waals surface area (Å²) in [4.78, 5) is 41.6.